The minimum atomic E-state index is -1.26. The van der Waals surface area contributed by atoms with Crippen molar-refractivity contribution in [2.45, 2.75) is 27.7 Å². The number of nitrogens with one attached hydrogen (secondary N) is 4. The summed E-state index contributed by atoms with van der Waals surface area (Å²) >= 11 is 0. The lowest BCUT2D eigenvalue weighted by molar-refractivity contribution is -0.134. The Morgan fingerprint density at radius 2 is 0.875 bits per heavy atom. The van der Waals surface area contributed by atoms with Crippen LogP contribution in [0.15, 0.2) is 122 Å². The SMILES string of the molecule is Cc1cc(C=CC#N)cc(C)c1Nc1ccnc(Nc2ccc(C#N)cc2)n1.Cc1cc(C=CC#N)cc(C)c1Nc1ccnc(Nc2ccc(C#N)cc2)n1.O=C(O)C=CC(=O)O. The Hall–Kier alpha value is -9.64. The molecule has 316 valence electrons. The van der Waals surface area contributed by atoms with Gasteiger partial charge in [0.2, 0.25) is 11.9 Å². The lowest BCUT2D eigenvalue weighted by atomic mass is 10.0. The number of aryl methyl sites for hydroxylation is 4. The average molecular weight is 849 g/mol. The summed E-state index contributed by atoms with van der Waals surface area (Å²) in [5, 5.41) is 63.7. The number of carbonyl (C=O) groups is 2. The number of aromatic nitrogens is 4. The van der Waals surface area contributed by atoms with Crippen LogP contribution in [0.4, 0.5) is 46.3 Å². The van der Waals surface area contributed by atoms with Crippen LogP contribution in [0.2, 0.25) is 0 Å². The van der Waals surface area contributed by atoms with E-state index in [4.69, 9.17) is 31.3 Å². The molecule has 16 heteroatoms. The second-order valence-electron chi connectivity index (χ2n) is 13.4. The van der Waals surface area contributed by atoms with Crippen molar-refractivity contribution in [1.29, 1.82) is 21.0 Å². The molecule has 2 aromatic heterocycles. The van der Waals surface area contributed by atoms with Crippen LogP contribution in [0.1, 0.15) is 44.5 Å². The second kappa shape index (κ2) is 23.8. The van der Waals surface area contributed by atoms with Crippen molar-refractivity contribution in [2.75, 3.05) is 21.3 Å². The van der Waals surface area contributed by atoms with Gasteiger partial charge in [0.1, 0.15) is 11.6 Å². The van der Waals surface area contributed by atoms with E-state index in [1.54, 1.807) is 60.9 Å². The standard InChI is InChI=1S/2C22H18N6.C4H4O4/c2*1-15-12-18(4-3-10-23)13-16(2)21(15)27-20-9-11-25-22(28-20)26-19-7-5-17(14-24)6-8-19;5-3(6)1-2-4(7)8/h2*3-9,11-13H,1-2H3,(H2,25,26,27,28);1-2H,(H,5,6)(H,7,8). The van der Waals surface area contributed by atoms with Crippen LogP contribution in [0.5, 0.6) is 0 Å². The van der Waals surface area contributed by atoms with Gasteiger partial charge in [-0.25, -0.2) is 19.6 Å². The summed E-state index contributed by atoms with van der Waals surface area (Å²) < 4.78 is 0. The van der Waals surface area contributed by atoms with Gasteiger partial charge in [-0.3, -0.25) is 0 Å². The van der Waals surface area contributed by atoms with Crippen molar-refractivity contribution in [3.8, 4) is 24.3 Å². The summed E-state index contributed by atoms with van der Waals surface area (Å²) in [6, 6.07) is 34.0. The Labute approximate surface area is 369 Å². The molecule has 0 saturated heterocycles. The van der Waals surface area contributed by atoms with E-state index in [-0.39, 0.29) is 0 Å². The molecule has 64 heavy (non-hydrogen) atoms. The van der Waals surface area contributed by atoms with Gasteiger partial charge in [0.25, 0.3) is 0 Å². The number of carboxylic acid groups (broad SMARTS) is 2. The van der Waals surface area contributed by atoms with Crippen LogP contribution in [0.25, 0.3) is 12.2 Å². The first-order valence-electron chi connectivity index (χ1n) is 19.0. The van der Waals surface area contributed by atoms with Crippen LogP contribution in [-0.4, -0.2) is 42.1 Å². The van der Waals surface area contributed by atoms with Gasteiger partial charge >= 0.3 is 11.9 Å². The first-order chi connectivity index (χ1) is 30.8. The molecule has 2 heterocycles. The lowest BCUT2D eigenvalue weighted by Gasteiger charge is -2.14. The summed E-state index contributed by atoms with van der Waals surface area (Å²) in [6.45, 7) is 8.04. The van der Waals surface area contributed by atoms with Gasteiger partial charge in [-0.05, 0) is 158 Å². The largest absolute Gasteiger partial charge is 0.478 e. The Bertz CT molecular complexity index is 2640. The zero-order valence-corrected chi connectivity index (χ0v) is 35.0. The van der Waals surface area contributed by atoms with Crippen LogP contribution >= 0.6 is 0 Å². The van der Waals surface area contributed by atoms with E-state index in [9.17, 15) is 9.59 Å². The molecule has 0 bridgehead atoms. The van der Waals surface area contributed by atoms with Crippen LogP contribution in [-0.2, 0) is 9.59 Å². The minimum absolute atomic E-state index is 0.457. The maximum atomic E-state index is 9.55. The van der Waals surface area contributed by atoms with Crippen LogP contribution in [0.3, 0.4) is 0 Å². The third kappa shape index (κ3) is 15.2. The molecular formula is C48H40N12O4. The van der Waals surface area contributed by atoms with Crippen LogP contribution in [0, 0.1) is 73.0 Å². The number of hydrogen-bond acceptors (Lipinski definition) is 14. The van der Waals surface area contributed by atoms with E-state index in [0.29, 0.717) is 46.8 Å². The number of nitrogens with zero attached hydrogens (tertiary/aromatic N) is 8. The van der Waals surface area contributed by atoms with E-state index >= 15 is 0 Å². The second-order valence-corrected chi connectivity index (χ2v) is 13.4. The topological polar surface area (TPSA) is 269 Å². The predicted octanol–water partition coefficient (Wildman–Crippen LogP) is 9.69. The maximum absolute atomic E-state index is 9.55. The predicted molar refractivity (Wildman–Crippen MR) is 245 cm³/mol. The van der Waals surface area contributed by atoms with Crippen molar-refractivity contribution >= 4 is 70.4 Å². The highest BCUT2D eigenvalue weighted by molar-refractivity contribution is 5.89. The molecule has 6 N–H and O–H groups in total. The number of carboxylic acids is 2. The molecule has 0 saturated carbocycles. The van der Waals surface area contributed by atoms with Crippen molar-refractivity contribution in [1.82, 2.24) is 19.9 Å². The molecule has 6 rings (SSSR count). The van der Waals surface area contributed by atoms with Gasteiger partial charge in [-0.1, -0.05) is 0 Å². The minimum Gasteiger partial charge on any atom is -0.478 e. The van der Waals surface area contributed by atoms with Gasteiger partial charge in [-0.2, -0.15) is 31.0 Å². The Morgan fingerprint density at radius 1 is 0.531 bits per heavy atom. The van der Waals surface area contributed by atoms with Crippen molar-refractivity contribution < 1.29 is 19.8 Å². The quantitative estimate of drug-likeness (QED) is 0.0494. The summed E-state index contributed by atoms with van der Waals surface area (Å²) in [5.74, 6) is -0.271. The zero-order chi connectivity index (χ0) is 46.4. The number of anilines is 8. The van der Waals surface area contributed by atoms with Gasteiger partial charge in [0.05, 0.1) is 35.4 Å². The fraction of sp³-hybridized carbons (Fsp3) is 0.0833. The number of allylic oxidation sites excluding steroid dienone is 2. The molecular weight excluding hydrogens is 809 g/mol. The molecule has 4 aromatic carbocycles. The zero-order valence-electron chi connectivity index (χ0n) is 35.0. The Balaban J connectivity index is 0.000000240. The highest BCUT2D eigenvalue weighted by Crippen LogP contribution is 2.28. The molecule has 0 aliphatic rings. The number of hydrogen-bond donors (Lipinski definition) is 6. The molecule has 0 atom stereocenters. The van der Waals surface area contributed by atoms with E-state index in [2.05, 4.69) is 53.3 Å². The van der Waals surface area contributed by atoms with Crippen molar-refractivity contribution in [3.05, 3.63) is 166 Å². The summed E-state index contributed by atoms with van der Waals surface area (Å²) in [6.07, 6.45) is 11.0. The summed E-state index contributed by atoms with van der Waals surface area (Å²) in [5.41, 5.74) is 10.9. The van der Waals surface area contributed by atoms with Crippen molar-refractivity contribution in [2.24, 2.45) is 0 Å². The van der Waals surface area contributed by atoms with E-state index < -0.39 is 11.9 Å². The molecule has 0 fully saturated rings. The molecule has 0 radical (unpaired) electrons. The van der Waals surface area contributed by atoms with Gasteiger partial charge in [0, 0.05) is 59.4 Å². The first kappa shape index (κ1) is 47.0. The highest BCUT2D eigenvalue weighted by Gasteiger charge is 2.09. The van der Waals surface area contributed by atoms with Gasteiger partial charge in [0.15, 0.2) is 0 Å². The molecule has 6 aromatic rings. The molecule has 0 unspecified atom stereocenters. The highest BCUT2D eigenvalue weighted by atomic mass is 16.4. The summed E-state index contributed by atoms with van der Waals surface area (Å²) in [4.78, 5) is 36.6. The fourth-order valence-electron chi connectivity index (χ4n) is 5.74. The van der Waals surface area contributed by atoms with Crippen LogP contribution < -0.4 is 21.3 Å². The molecule has 0 spiro atoms. The number of benzene rings is 4. The third-order valence-electron chi connectivity index (χ3n) is 8.54. The Kier molecular flexibility index (Phi) is 17.5. The monoisotopic (exact) mass is 848 g/mol. The molecule has 0 aliphatic carbocycles. The molecule has 0 amide bonds. The summed E-state index contributed by atoms with van der Waals surface area (Å²) in [7, 11) is 0. The normalized spacial score (nSPS) is 10.2. The number of aliphatic carboxylic acids is 2. The van der Waals surface area contributed by atoms with Gasteiger partial charge < -0.3 is 31.5 Å². The molecule has 16 nitrogen and oxygen atoms in total. The van der Waals surface area contributed by atoms with E-state index in [1.807, 2.05) is 88.4 Å². The van der Waals surface area contributed by atoms with Crippen molar-refractivity contribution in [3.63, 3.8) is 0 Å². The van der Waals surface area contributed by atoms with Gasteiger partial charge in [-0.15, -0.1) is 0 Å². The number of rotatable bonds is 12. The van der Waals surface area contributed by atoms with E-state index in [0.717, 1.165) is 56.1 Å². The third-order valence-corrected chi connectivity index (χ3v) is 8.54. The fourth-order valence-corrected chi connectivity index (χ4v) is 5.74. The number of nitriles is 4. The first-order valence-corrected chi connectivity index (χ1v) is 19.0. The average Bonchev–Trinajstić information content (AvgIpc) is 3.28. The Morgan fingerprint density at radius 3 is 1.17 bits per heavy atom. The smallest absolute Gasteiger partial charge is 0.328 e. The molecule has 0 aliphatic heterocycles. The maximum Gasteiger partial charge on any atom is 0.328 e. The lowest BCUT2D eigenvalue weighted by Crippen LogP contribution is -2.02. The van der Waals surface area contributed by atoms with E-state index in [1.165, 1.54) is 12.2 Å².